The van der Waals surface area contributed by atoms with E-state index in [-0.39, 0.29) is 29.7 Å². The van der Waals surface area contributed by atoms with Crippen molar-refractivity contribution >= 4 is 23.5 Å². The van der Waals surface area contributed by atoms with Gasteiger partial charge in [-0.2, -0.15) is 0 Å². The quantitative estimate of drug-likeness (QED) is 0.257. The monoisotopic (exact) mass is 386 g/mol. The van der Waals surface area contributed by atoms with Crippen molar-refractivity contribution in [2.24, 2.45) is 0 Å². The zero-order valence-electron chi connectivity index (χ0n) is 15.6. The fourth-order valence-corrected chi connectivity index (χ4v) is 2.70. The molecule has 0 bridgehead atoms. The molecule has 0 saturated carbocycles. The number of carbonyl (C=O) groups is 2. The second-order valence-electron chi connectivity index (χ2n) is 6.38. The van der Waals surface area contributed by atoms with Gasteiger partial charge in [0, 0.05) is 0 Å². The van der Waals surface area contributed by atoms with Crippen LogP contribution in [0.1, 0.15) is 71.6 Å². The largest absolute Gasteiger partial charge is 0.463 e. The van der Waals surface area contributed by atoms with Gasteiger partial charge in [0.15, 0.2) is 11.6 Å². The van der Waals surface area contributed by atoms with E-state index in [1.807, 2.05) is 6.92 Å². The van der Waals surface area contributed by atoms with E-state index < -0.39 is 17.8 Å². The van der Waals surface area contributed by atoms with Crippen molar-refractivity contribution in [3.05, 3.63) is 29.0 Å². The topological polar surface area (TPSA) is 52.6 Å². The Bertz CT molecular complexity index is 557. The number of ether oxygens (including phenoxy) is 2. The Kier molecular flexibility index (Phi) is 10.9. The highest BCUT2D eigenvalue weighted by Gasteiger charge is 2.16. The lowest BCUT2D eigenvalue weighted by Gasteiger charge is -2.13. The Morgan fingerprint density at radius 3 is 2.42 bits per heavy atom. The molecular formula is C20H28ClFO4. The van der Waals surface area contributed by atoms with E-state index >= 15 is 0 Å². The average Bonchev–Trinajstić information content (AvgIpc) is 2.59. The lowest BCUT2D eigenvalue weighted by Crippen LogP contribution is -2.17. The van der Waals surface area contributed by atoms with Crippen LogP contribution in [0.3, 0.4) is 0 Å². The maximum atomic E-state index is 13.5. The zero-order chi connectivity index (χ0) is 19.4. The molecule has 0 heterocycles. The summed E-state index contributed by atoms with van der Waals surface area (Å²) in [6, 6.07) is 3.98. The van der Waals surface area contributed by atoms with Gasteiger partial charge in [0.25, 0.3) is 0 Å². The second kappa shape index (κ2) is 12.7. The van der Waals surface area contributed by atoms with Crippen molar-refractivity contribution in [3.63, 3.8) is 0 Å². The van der Waals surface area contributed by atoms with E-state index in [4.69, 9.17) is 21.1 Å². The molecule has 1 aromatic rings. The van der Waals surface area contributed by atoms with Gasteiger partial charge in [-0.25, -0.2) is 4.39 Å². The molecule has 0 aliphatic rings. The summed E-state index contributed by atoms with van der Waals surface area (Å²) in [6.07, 6.45) is 7.44. The van der Waals surface area contributed by atoms with Gasteiger partial charge in [0.2, 0.25) is 0 Å². The standard InChI is InChI=1S/C20H28ClFO4/c1-3-4-5-6-7-8-10-15(2)25-18(23)13-14-19(24)26-20-16(21)11-9-12-17(20)22/h9,11-12,15H,3-8,10,13-14H2,1-2H3. The minimum atomic E-state index is -0.725. The average molecular weight is 387 g/mol. The van der Waals surface area contributed by atoms with E-state index in [0.717, 1.165) is 25.3 Å². The molecule has 0 aliphatic carbocycles. The number of rotatable bonds is 12. The van der Waals surface area contributed by atoms with Crippen LogP contribution in [0.25, 0.3) is 0 Å². The van der Waals surface area contributed by atoms with Gasteiger partial charge in [-0.3, -0.25) is 9.59 Å². The summed E-state index contributed by atoms with van der Waals surface area (Å²) in [4.78, 5) is 23.5. The number of hydrogen-bond acceptors (Lipinski definition) is 4. The molecule has 0 spiro atoms. The summed E-state index contributed by atoms with van der Waals surface area (Å²) < 4.78 is 23.7. The molecule has 0 aliphatic heterocycles. The minimum Gasteiger partial charge on any atom is -0.463 e. The number of hydrogen-bond donors (Lipinski definition) is 0. The van der Waals surface area contributed by atoms with Crippen molar-refractivity contribution in [1.29, 1.82) is 0 Å². The van der Waals surface area contributed by atoms with Gasteiger partial charge < -0.3 is 9.47 Å². The Hall–Kier alpha value is -1.62. The van der Waals surface area contributed by atoms with E-state index in [1.165, 1.54) is 37.8 Å². The van der Waals surface area contributed by atoms with Crippen LogP contribution in [0.4, 0.5) is 4.39 Å². The smallest absolute Gasteiger partial charge is 0.311 e. The summed E-state index contributed by atoms with van der Waals surface area (Å²) in [7, 11) is 0. The zero-order valence-corrected chi connectivity index (χ0v) is 16.3. The van der Waals surface area contributed by atoms with Crippen molar-refractivity contribution in [2.45, 2.75) is 77.7 Å². The summed E-state index contributed by atoms with van der Waals surface area (Å²) in [6.45, 7) is 4.03. The number of para-hydroxylation sites is 1. The van der Waals surface area contributed by atoms with Crippen LogP contribution in [-0.4, -0.2) is 18.0 Å². The fourth-order valence-electron chi connectivity index (χ4n) is 2.50. The lowest BCUT2D eigenvalue weighted by molar-refractivity contribution is -0.151. The third-order valence-electron chi connectivity index (χ3n) is 3.96. The number of benzene rings is 1. The van der Waals surface area contributed by atoms with Gasteiger partial charge in [0.05, 0.1) is 24.0 Å². The first-order valence-electron chi connectivity index (χ1n) is 9.28. The van der Waals surface area contributed by atoms with Crippen LogP contribution in [-0.2, 0) is 14.3 Å². The van der Waals surface area contributed by atoms with E-state index in [9.17, 15) is 14.0 Å². The molecule has 26 heavy (non-hydrogen) atoms. The van der Waals surface area contributed by atoms with Crippen LogP contribution in [0.5, 0.6) is 5.75 Å². The normalized spacial score (nSPS) is 11.8. The van der Waals surface area contributed by atoms with E-state index in [1.54, 1.807) is 0 Å². The first-order valence-corrected chi connectivity index (χ1v) is 9.66. The van der Waals surface area contributed by atoms with E-state index in [0.29, 0.717) is 0 Å². The molecule has 0 saturated heterocycles. The Morgan fingerprint density at radius 1 is 1.08 bits per heavy atom. The fraction of sp³-hybridized carbons (Fsp3) is 0.600. The highest BCUT2D eigenvalue weighted by atomic mass is 35.5. The molecule has 146 valence electrons. The molecule has 4 nitrogen and oxygen atoms in total. The van der Waals surface area contributed by atoms with Gasteiger partial charge >= 0.3 is 11.9 Å². The van der Waals surface area contributed by atoms with Gasteiger partial charge in [-0.05, 0) is 31.9 Å². The molecule has 0 amide bonds. The Morgan fingerprint density at radius 2 is 1.73 bits per heavy atom. The van der Waals surface area contributed by atoms with Crippen LogP contribution in [0.15, 0.2) is 18.2 Å². The highest BCUT2D eigenvalue weighted by Crippen LogP contribution is 2.27. The molecule has 0 fully saturated rings. The number of unbranched alkanes of at least 4 members (excludes halogenated alkanes) is 5. The molecule has 1 rings (SSSR count). The van der Waals surface area contributed by atoms with E-state index in [2.05, 4.69) is 6.92 Å². The third kappa shape index (κ3) is 9.18. The maximum absolute atomic E-state index is 13.5. The molecule has 1 atom stereocenters. The minimum absolute atomic E-state index is 0.00786. The van der Waals surface area contributed by atoms with Crippen molar-refractivity contribution in [1.82, 2.24) is 0 Å². The van der Waals surface area contributed by atoms with Crippen molar-refractivity contribution < 1.29 is 23.5 Å². The predicted molar refractivity (Wildman–Crippen MR) is 99.8 cm³/mol. The van der Waals surface area contributed by atoms with Crippen LogP contribution >= 0.6 is 11.6 Å². The molecule has 1 unspecified atom stereocenters. The summed E-state index contributed by atoms with van der Waals surface area (Å²) in [5.74, 6) is -2.22. The molecule has 6 heteroatoms. The lowest BCUT2D eigenvalue weighted by atomic mass is 10.1. The molecular weight excluding hydrogens is 359 g/mol. The number of esters is 2. The molecule has 0 aromatic heterocycles. The summed E-state index contributed by atoms with van der Waals surface area (Å²) >= 11 is 5.78. The Balaban J connectivity index is 2.21. The van der Waals surface area contributed by atoms with Gasteiger partial charge in [-0.15, -0.1) is 0 Å². The van der Waals surface area contributed by atoms with Crippen molar-refractivity contribution in [3.8, 4) is 5.75 Å². The van der Waals surface area contributed by atoms with Gasteiger partial charge in [-0.1, -0.05) is 56.7 Å². The first-order chi connectivity index (χ1) is 12.4. The molecule has 0 N–H and O–H groups in total. The predicted octanol–water partition coefficient (Wildman–Crippen LogP) is 5.85. The molecule has 0 radical (unpaired) electrons. The van der Waals surface area contributed by atoms with Crippen LogP contribution in [0.2, 0.25) is 5.02 Å². The Labute approximate surface area is 160 Å². The number of carbonyl (C=O) groups excluding carboxylic acids is 2. The number of halogens is 2. The highest BCUT2D eigenvalue weighted by molar-refractivity contribution is 6.32. The third-order valence-corrected chi connectivity index (χ3v) is 4.26. The van der Waals surface area contributed by atoms with Crippen LogP contribution in [0, 0.1) is 5.82 Å². The van der Waals surface area contributed by atoms with Crippen LogP contribution < -0.4 is 4.74 Å². The second-order valence-corrected chi connectivity index (χ2v) is 6.79. The van der Waals surface area contributed by atoms with Gasteiger partial charge in [0.1, 0.15) is 0 Å². The molecule has 1 aromatic carbocycles. The first kappa shape index (κ1) is 22.4. The SMILES string of the molecule is CCCCCCCCC(C)OC(=O)CCC(=O)Oc1c(F)cccc1Cl. The van der Waals surface area contributed by atoms with Crippen molar-refractivity contribution in [2.75, 3.05) is 0 Å². The summed E-state index contributed by atoms with van der Waals surface area (Å²) in [5.41, 5.74) is 0. The maximum Gasteiger partial charge on any atom is 0.311 e. The summed E-state index contributed by atoms with van der Waals surface area (Å²) in [5, 5.41) is 0.00786.